The first-order chi connectivity index (χ1) is 13.0. The van der Waals surface area contributed by atoms with Crippen molar-refractivity contribution in [3.63, 3.8) is 0 Å². The molecule has 2 aromatic carbocycles. The maximum atomic E-state index is 12.2. The summed E-state index contributed by atoms with van der Waals surface area (Å²) in [6.45, 7) is 8.99. The molecule has 1 amide bonds. The van der Waals surface area contributed by atoms with Crippen molar-refractivity contribution < 1.29 is 19.0 Å². The Bertz CT molecular complexity index is 831. The van der Waals surface area contributed by atoms with Gasteiger partial charge in [-0.2, -0.15) is 0 Å². The fourth-order valence-corrected chi connectivity index (χ4v) is 3.11. The molecule has 5 nitrogen and oxygen atoms in total. The van der Waals surface area contributed by atoms with Crippen LogP contribution in [0.15, 0.2) is 30.3 Å². The van der Waals surface area contributed by atoms with Gasteiger partial charge in [-0.05, 0) is 63.1 Å². The molecule has 0 unspecified atom stereocenters. The van der Waals surface area contributed by atoms with E-state index in [0.29, 0.717) is 18.9 Å². The van der Waals surface area contributed by atoms with E-state index in [1.807, 2.05) is 58.0 Å². The number of carbonyl (C=O) groups is 1. The van der Waals surface area contributed by atoms with Crippen LogP contribution < -0.4 is 19.5 Å². The topological polar surface area (TPSA) is 56.8 Å². The van der Waals surface area contributed by atoms with E-state index in [-0.39, 0.29) is 18.6 Å². The van der Waals surface area contributed by atoms with E-state index in [1.54, 1.807) is 0 Å². The molecule has 1 N–H and O–H groups in total. The van der Waals surface area contributed by atoms with Crippen LogP contribution in [0.1, 0.15) is 36.1 Å². The molecular formula is C22H27NO4. The van der Waals surface area contributed by atoms with Gasteiger partial charge in [0, 0.05) is 24.1 Å². The lowest BCUT2D eigenvalue weighted by Gasteiger charge is -2.14. The fourth-order valence-electron chi connectivity index (χ4n) is 3.11. The van der Waals surface area contributed by atoms with E-state index in [4.69, 9.17) is 14.2 Å². The Labute approximate surface area is 160 Å². The Balaban J connectivity index is 1.59. The lowest BCUT2D eigenvalue weighted by atomic mass is 10.1. The normalized spacial score (nSPS) is 15.0. The van der Waals surface area contributed by atoms with E-state index in [9.17, 15) is 4.79 Å². The number of rotatable bonds is 7. The number of nitrogens with one attached hydrogen (secondary N) is 1. The second kappa shape index (κ2) is 8.33. The van der Waals surface area contributed by atoms with Crippen LogP contribution in [0.5, 0.6) is 17.2 Å². The molecule has 5 heteroatoms. The Kier molecular flexibility index (Phi) is 5.89. The standard InChI is InChI=1S/C22H27NO4/c1-5-25-20-10-17-9-16(4)27-21(17)11-18(20)12-23-22(24)13-26-19-7-6-14(2)15(3)8-19/h6-8,10-11,16H,5,9,12-13H2,1-4H3,(H,23,24)/t16-/m0/s1. The molecule has 27 heavy (non-hydrogen) atoms. The first-order valence-electron chi connectivity index (χ1n) is 9.38. The lowest BCUT2D eigenvalue weighted by molar-refractivity contribution is -0.123. The van der Waals surface area contributed by atoms with Gasteiger partial charge in [0.2, 0.25) is 0 Å². The van der Waals surface area contributed by atoms with Crippen LogP contribution in [0, 0.1) is 13.8 Å². The molecule has 144 valence electrons. The summed E-state index contributed by atoms with van der Waals surface area (Å²) in [7, 11) is 0. The summed E-state index contributed by atoms with van der Waals surface area (Å²) in [5.74, 6) is 2.19. The minimum atomic E-state index is -0.175. The van der Waals surface area contributed by atoms with E-state index in [2.05, 4.69) is 5.32 Å². The van der Waals surface area contributed by atoms with Crippen molar-refractivity contribution in [3.05, 3.63) is 52.6 Å². The van der Waals surface area contributed by atoms with Gasteiger partial charge < -0.3 is 19.5 Å². The molecule has 3 rings (SSSR count). The van der Waals surface area contributed by atoms with Gasteiger partial charge in [-0.15, -0.1) is 0 Å². The van der Waals surface area contributed by atoms with Crippen molar-refractivity contribution in [2.75, 3.05) is 13.2 Å². The Morgan fingerprint density at radius 2 is 2.00 bits per heavy atom. The van der Waals surface area contributed by atoms with Crippen LogP contribution in [0.4, 0.5) is 0 Å². The average Bonchev–Trinajstić information content (AvgIpc) is 3.00. The largest absolute Gasteiger partial charge is 0.494 e. The van der Waals surface area contributed by atoms with Crippen molar-refractivity contribution in [1.29, 1.82) is 0 Å². The van der Waals surface area contributed by atoms with Crippen LogP contribution >= 0.6 is 0 Å². The second-order valence-corrected chi connectivity index (χ2v) is 6.94. The zero-order chi connectivity index (χ0) is 19.4. The van der Waals surface area contributed by atoms with Crippen LogP contribution in [0.3, 0.4) is 0 Å². The molecule has 2 aromatic rings. The highest BCUT2D eigenvalue weighted by Gasteiger charge is 2.22. The van der Waals surface area contributed by atoms with Crippen molar-refractivity contribution in [3.8, 4) is 17.2 Å². The highest BCUT2D eigenvalue weighted by Crippen LogP contribution is 2.35. The van der Waals surface area contributed by atoms with Crippen LogP contribution in [-0.2, 0) is 17.8 Å². The first-order valence-corrected chi connectivity index (χ1v) is 9.38. The third-order valence-electron chi connectivity index (χ3n) is 4.70. The van der Waals surface area contributed by atoms with Crippen molar-refractivity contribution in [2.45, 2.75) is 46.8 Å². The molecule has 0 fully saturated rings. The summed E-state index contributed by atoms with van der Waals surface area (Å²) in [6, 6.07) is 9.79. The molecule has 0 spiro atoms. The number of hydrogen-bond acceptors (Lipinski definition) is 4. The average molecular weight is 369 g/mol. The molecule has 1 atom stereocenters. The second-order valence-electron chi connectivity index (χ2n) is 6.94. The molecular weight excluding hydrogens is 342 g/mol. The third-order valence-corrected chi connectivity index (χ3v) is 4.70. The molecule has 0 saturated carbocycles. The zero-order valence-corrected chi connectivity index (χ0v) is 16.4. The molecule has 0 radical (unpaired) electrons. The van der Waals surface area contributed by atoms with Crippen LogP contribution in [0.25, 0.3) is 0 Å². The predicted octanol–water partition coefficient (Wildman–Crippen LogP) is 3.72. The summed E-state index contributed by atoms with van der Waals surface area (Å²) >= 11 is 0. The van der Waals surface area contributed by atoms with E-state index in [0.717, 1.165) is 34.6 Å². The van der Waals surface area contributed by atoms with Gasteiger partial charge >= 0.3 is 0 Å². The number of ether oxygens (including phenoxy) is 3. The third kappa shape index (κ3) is 4.73. The fraction of sp³-hybridized carbons (Fsp3) is 0.409. The first kappa shape index (κ1) is 19.1. The number of fused-ring (bicyclic) bond motifs is 1. The van der Waals surface area contributed by atoms with Gasteiger partial charge in [-0.1, -0.05) is 6.07 Å². The van der Waals surface area contributed by atoms with E-state index < -0.39 is 0 Å². The minimum Gasteiger partial charge on any atom is -0.494 e. The number of benzene rings is 2. The van der Waals surface area contributed by atoms with Crippen molar-refractivity contribution in [2.24, 2.45) is 0 Å². The van der Waals surface area contributed by atoms with E-state index >= 15 is 0 Å². The molecule has 0 saturated heterocycles. The van der Waals surface area contributed by atoms with Crippen molar-refractivity contribution in [1.82, 2.24) is 5.32 Å². The summed E-state index contributed by atoms with van der Waals surface area (Å²) in [4.78, 5) is 12.2. The number of carbonyl (C=O) groups excluding carboxylic acids is 1. The summed E-state index contributed by atoms with van der Waals surface area (Å²) in [6.07, 6.45) is 1.05. The van der Waals surface area contributed by atoms with Gasteiger partial charge in [0.05, 0.1) is 6.61 Å². The quantitative estimate of drug-likeness (QED) is 0.808. The molecule has 0 bridgehead atoms. The van der Waals surface area contributed by atoms with Gasteiger partial charge in [-0.25, -0.2) is 0 Å². The van der Waals surface area contributed by atoms with Gasteiger partial charge in [0.1, 0.15) is 23.4 Å². The van der Waals surface area contributed by atoms with Gasteiger partial charge in [0.25, 0.3) is 5.91 Å². The van der Waals surface area contributed by atoms with Crippen LogP contribution in [0.2, 0.25) is 0 Å². The Morgan fingerprint density at radius 1 is 1.19 bits per heavy atom. The molecule has 1 aliphatic heterocycles. The highest BCUT2D eigenvalue weighted by atomic mass is 16.5. The molecule has 0 aliphatic carbocycles. The Morgan fingerprint density at radius 3 is 2.74 bits per heavy atom. The Hall–Kier alpha value is -2.69. The summed E-state index contributed by atoms with van der Waals surface area (Å²) in [5.41, 5.74) is 4.40. The van der Waals surface area contributed by atoms with Crippen molar-refractivity contribution >= 4 is 5.91 Å². The predicted molar refractivity (Wildman–Crippen MR) is 105 cm³/mol. The maximum absolute atomic E-state index is 12.2. The zero-order valence-electron chi connectivity index (χ0n) is 16.4. The monoisotopic (exact) mass is 369 g/mol. The number of aryl methyl sites for hydroxylation is 2. The highest BCUT2D eigenvalue weighted by molar-refractivity contribution is 5.77. The number of amides is 1. The molecule has 0 aromatic heterocycles. The van der Waals surface area contributed by atoms with E-state index in [1.165, 1.54) is 5.56 Å². The van der Waals surface area contributed by atoms with Gasteiger partial charge in [0.15, 0.2) is 6.61 Å². The minimum absolute atomic E-state index is 0.0229. The SMILES string of the molecule is CCOc1cc2c(cc1CNC(=O)COc1ccc(C)c(C)c1)O[C@@H](C)C2. The maximum Gasteiger partial charge on any atom is 0.258 e. The molecule has 1 aliphatic rings. The lowest BCUT2D eigenvalue weighted by Crippen LogP contribution is -2.28. The summed E-state index contributed by atoms with van der Waals surface area (Å²) in [5, 5.41) is 2.90. The summed E-state index contributed by atoms with van der Waals surface area (Å²) < 4.78 is 17.2. The van der Waals surface area contributed by atoms with Gasteiger partial charge in [-0.3, -0.25) is 4.79 Å². The van der Waals surface area contributed by atoms with Crippen LogP contribution in [-0.4, -0.2) is 25.2 Å². The number of hydrogen-bond donors (Lipinski definition) is 1. The molecule has 1 heterocycles. The smallest absolute Gasteiger partial charge is 0.258 e.